The van der Waals surface area contributed by atoms with Gasteiger partial charge in [0.15, 0.2) is 5.78 Å². The highest BCUT2D eigenvalue weighted by Crippen LogP contribution is 2.26. The highest BCUT2D eigenvalue weighted by molar-refractivity contribution is 7.89. The van der Waals surface area contributed by atoms with Crippen LogP contribution >= 0.6 is 0 Å². The Morgan fingerprint density at radius 2 is 1.58 bits per heavy atom. The van der Waals surface area contributed by atoms with Crippen molar-refractivity contribution in [1.29, 1.82) is 0 Å². The number of rotatable bonds is 6. The predicted molar refractivity (Wildman–Crippen MR) is 123 cm³/mol. The number of benzene rings is 3. The van der Waals surface area contributed by atoms with E-state index >= 15 is 0 Å². The number of ketones is 1. The zero-order valence-electron chi connectivity index (χ0n) is 17.8. The maximum absolute atomic E-state index is 13.2. The monoisotopic (exact) mass is 466 g/mol. The van der Waals surface area contributed by atoms with Gasteiger partial charge in [0.1, 0.15) is 5.82 Å². The summed E-state index contributed by atoms with van der Waals surface area (Å²) in [7, 11) is -3.84. The van der Waals surface area contributed by atoms with Crippen LogP contribution in [0.5, 0.6) is 0 Å². The molecule has 1 aliphatic heterocycles. The van der Waals surface area contributed by atoms with Crippen molar-refractivity contribution in [2.45, 2.75) is 17.7 Å². The molecule has 0 aliphatic carbocycles. The molecule has 33 heavy (non-hydrogen) atoms. The molecule has 0 spiro atoms. The van der Waals surface area contributed by atoms with Gasteiger partial charge in [-0.1, -0.05) is 42.5 Å². The van der Waals surface area contributed by atoms with Crippen LogP contribution in [0.15, 0.2) is 83.8 Å². The van der Waals surface area contributed by atoms with Gasteiger partial charge in [-0.15, -0.1) is 0 Å². The summed E-state index contributed by atoms with van der Waals surface area (Å²) >= 11 is 0. The average Bonchev–Trinajstić information content (AvgIpc) is 2.85. The molecule has 0 radical (unpaired) electrons. The third-order valence-electron chi connectivity index (χ3n) is 5.67. The van der Waals surface area contributed by atoms with E-state index in [4.69, 9.17) is 0 Å². The fraction of sp³-hybridized carbons (Fsp3) is 0.200. The van der Waals surface area contributed by atoms with Crippen LogP contribution in [-0.2, 0) is 14.8 Å². The second kappa shape index (κ2) is 9.64. The Morgan fingerprint density at radius 1 is 0.909 bits per heavy atom. The summed E-state index contributed by atoms with van der Waals surface area (Å²) in [6.07, 6.45) is 1.04. The van der Waals surface area contributed by atoms with Crippen molar-refractivity contribution < 1.29 is 22.4 Å². The Morgan fingerprint density at radius 3 is 2.30 bits per heavy atom. The van der Waals surface area contributed by atoms with Crippen molar-refractivity contribution in [3.05, 3.63) is 95.8 Å². The lowest BCUT2D eigenvalue weighted by Gasteiger charge is -2.31. The molecule has 1 heterocycles. The molecule has 0 saturated carbocycles. The minimum Gasteiger partial charge on any atom is -0.325 e. The first-order valence-electron chi connectivity index (χ1n) is 10.6. The normalized spacial score (nSPS) is 16.8. The molecule has 1 fully saturated rings. The van der Waals surface area contributed by atoms with E-state index in [2.05, 4.69) is 5.32 Å². The van der Waals surface area contributed by atoms with Gasteiger partial charge in [0.05, 0.1) is 16.5 Å². The van der Waals surface area contributed by atoms with Gasteiger partial charge in [-0.05, 0) is 49.2 Å². The van der Waals surface area contributed by atoms with Crippen LogP contribution in [0, 0.1) is 11.7 Å². The minimum absolute atomic E-state index is 0.0104. The van der Waals surface area contributed by atoms with Crippen LogP contribution < -0.4 is 5.32 Å². The molecule has 3 aromatic rings. The molecule has 1 aliphatic rings. The summed E-state index contributed by atoms with van der Waals surface area (Å²) < 4.78 is 40.4. The van der Waals surface area contributed by atoms with Gasteiger partial charge in [0, 0.05) is 24.2 Å². The van der Waals surface area contributed by atoms with Crippen LogP contribution in [0.25, 0.3) is 0 Å². The summed E-state index contributed by atoms with van der Waals surface area (Å²) in [4.78, 5) is 26.0. The van der Waals surface area contributed by atoms with Crippen LogP contribution in [0.2, 0.25) is 0 Å². The number of hydrogen-bond donors (Lipinski definition) is 1. The van der Waals surface area contributed by atoms with E-state index in [-0.39, 0.29) is 29.7 Å². The molecular formula is C25H23FN2O4S. The molecule has 1 atom stereocenters. The largest absolute Gasteiger partial charge is 0.325 e. The summed E-state index contributed by atoms with van der Waals surface area (Å²) in [5, 5.41) is 2.82. The van der Waals surface area contributed by atoms with Gasteiger partial charge in [0.2, 0.25) is 15.9 Å². The van der Waals surface area contributed by atoms with E-state index in [0.717, 1.165) is 12.1 Å². The zero-order chi connectivity index (χ0) is 23.4. The molecule has 4 rings (SSSR count). The second-order valence-corrected chi connectivity index (χ2v) is 9.82. The van der Waals surface area contributed by atoms with Gasteiger partial charge in [0.25, 0.3) is 0 Å². The van der Waals surface area contributed by atoms with Crippen molar-refractivity contribution >= 4 is 27.4 Å². The van der Waals surface area contributed by atoms with E-state index < -0.39 is 21.8 Å². The van der Waals surface area contributed by atoms with Gasteiger partial charge in [-0.2, -0.15) is 4.31 Å². The van der Waals surface area contributed by atoms with Gasteiger partial charge < -0.3 is 5.32 Å². The maximum Gasteiger partial charge on any atom is 0.243 e. The smallest absolute Gasteiger partial charge is 0.243 e. The van der Waals surface area contributed by atoms with Crippen molar-refractivity contribution in [2.75, 3.05) is 18.4 Å². The molecule has 0 aromatic heterocycles. The molecule has 170 valence electrons. The number of para-hydroxylation sites is 1. The Bertz CT molecular complexity index is 1260. The highest BCUT2D eigenvalue weighted by Gasteiger charge is 2.33. The highest BCUT2D eigenvalue weighted by atomic mass is 32.2. The quantitative estimate of drug-likeness (QED) is 0.555. The van der Waals surface area contributed by atoms with Crippen LogP contribution in [-0.4, -0.2) is 37.5 Å². The van der Waals surface area contributed by atoms with Gasteiger partial charge >= 0.3 is 0 Å². The lowest BCUT2D eigenvalue weighted by molar-refractivity contribution is -0.120. The SMILES string of the molecule is O=C(c1ccccc1)c1ccccc1NC(=O)[C@H]1CCCN(S(=O)(=O)c2ccc(F)cc2)C1. The van der Waals surface area contributed by atoms with Gasteiger partial charge in [-0.25, -0.2) is 12.8 Å². The first-order chi connectivity index (χ1) is 15.9. The first-order valence-corrected chi connectivity index (χ1v) is 12.1. The Kier molecular flexibility index (Phi) is 6.67. The fourth-order valence-corrected chi connectivity index (χ4v) is 5.42. The number of anilines is 1. The molecule has 1 amide bonds. The number of amides is 1. The molecular weight excluding hydrogens is 443 g/mol. The van der Waals surface area contributed by atoms with Crippen LogP contribution in [0.4, 0.5) is 10.1 Å². The number of halogens is 1. The number of nitrogens with zero attached hydrogens (tertiary/aromatic N) is 1. The molecule has 8 heteroatoms. The maximum atomic E-state index is 13.2. The van der Waals surface area contributed by atoms with Crippen molar-refractivity contribution in [3.8, 4) is 0 Å². The molecule has 1 saturated heterocycles. The second-order valence-electron chi connectivity index (χ2n) is 7.89. The standard InChI is InChI=1S/C25H23FN2O4S/c26-20-12-14-21(15-13-20)33(31,32)28-16-6-9-19(17-28)25(30)27-23-11-5-4-10-22(23)24(29)18-7-2-1-3-8-18/h1-5,7-8,10-15,19H,6,9,16-17H2,(H,27,30)/t19-/m0/s1. The Hall–Kier alpha value is -3.36. The van der Waals surface area contributed by atoms with E-state index in [1.807, 2.05) is 6.07 Å². The van der Waals surface area contributed by atoms with Crippen molar-refractivity contribution in [3.63, 3.8) is 0 Å². The average molecular weight is 467 g/mol. The van der Waals surface area contributed by atoms with E-state index in [9.17, 15) is 22.4 Å². The molecule has 1 N–H and O–H groups in total. The number of nitrogens with one attached hydrogen (secondary N) is 1. The van der Waals surface area contributed by atoms with E-state index in [0.29, 0.717) is 29.7 Å². The van der Waals surface area contributed by atoms with Crippen molar-refractivity contribution in [1.82, 2.24) is 4.31 Å². The molecule has 3 aromatic carbocycles. The van der Waals surface area contributed by atoms with Crippen molar-refractivity contribution in [2.24, 2.45) is 5.92 Å². The lowest BCUT2D eigenvalue weighted by atomic mass is 9.97. The van der Waals surface area contributed by atoms with Crippen LogP contribution in [0.3, 0.4) is 0 Å². The Labute approximate surface area is 192 Å². The molecule has 6 nitrogen and oxygen atoms in total. The number of carbonyl (C=O) groups excluding carboxylic acids is 2. The number of sulfonamides is 1. The summed E-state index contributed by atoms with van der Waals surface area (Å²) in [5.41, 5.74) is 1.26. The number of hydrogen-bond acceptors (Lipinski definition) is 4. The Balaban J connectivity index is 1.50. The first kappa shape index (κ1) is 22.8. The van der Waals surface area contributed by atoms with E-state index in [1.165, 1.54) is 16.4 Å². The molecule has 0 bridgehead atoms. The summed E-state index contributed by atoms with van der Waals surface area (Å²) in [6.45, 7) is 0.299. The third-order valence-corrected chi connectivity index (χ3v) is 7.55. The van der Waals surface area contributed by atoms with Crippen LogP contribution in [0.1, 0.15) is 28.8 Å². The predicted octanol–water partition coefficient (Wildman–Crippen LogP) is 4.10. The van der Waals surface area contributed by atoms with Gasteiger partial charge in [-0.3, -0.25) is 9.59 Å². The third kappa shape index (κ3) is 5.02. The minimum atomic E-state index is -3.84. The summed E-state index contributed by atoms with van der Waals surface area (Å²) in [5.74, 6) is -1.65. The topological polar surface area (TPSA) is 83.6 Å². The number of piperidine rings is 1. The van der Waals surface area contributed by atoms with E-state index in [1.54, 1.807) is 48.5 Å². The summed E-state index contributed by atoms with van der Waals surface area (Å²) in [6, 6.07) is 20.2. The molecule has 0 unspecified atom stereocenters. The number of carbonyl (C=O) groups is 2. The zero-order valence-corrected chi connectivity index (χ0v) is 18.6. The lowest BCUT2D eigenvalue weighted by Crippen LogP contribution is -2.43. The fourth-order valence-electron chi connectivity index (χ4n) is 3.90.